The van der Waals surface area contributed by atoms with Gasteiger partial charge in [-0.05, 0) is 56.0 Å². The van der Waals surface area contributed by atoms with E-state index >= 15 is 0 Å². The van der Waals surface area contributed by atoms with E-state index < -0.39 is 6.04 Å². The summed E-state index contributed by atoms with van der Waals surface area (Å²) in [5.41, 5.74) is 2.80. The molecule has 4 rings (SSSR count). The van der Waals surface area contributed by atoms with Crippen LogP contribution in [0.3, 0.4) is 0 Å². The maximum Gasteiger partial charge on any atom is 0.255 e. The first kappa shape index (κ1) is 19.8. The van der Waals surface area contributed by atoms with E-state index in [0.717, 1.165) is 50.0 Å². The lowest BCUT2D eigenvalue weighted by molar-refractivity contribution is -0.136. The molecule has 3 heterocycles. The lowest BCUT2D eigenvalue weighted by Crippen LogP contribution is -2.52. The van der Waals surface area contributed by atoms with E-state index in [1.807, 2.05) is 18.2 Å². The molecule has 7 nitrogen and oxygen atoms in total. The van der Waals surface area contributed by atoms with Gasteiger partial charge in [0.05, 0.1) is 0 Å². The average Bonchev–Trinajstić information content (AvgIpc) is 3.03. The third-order valence-electron chi connectivity index (χ3n) is 6.35. The van der Waals surface area contributed by atoms with Crippen molar-refractivity contribution in [3.63, 3.8) is 0 Å². The summed E-state index contributed by atoms with van der Waals surface area (Å²) < 4.78 is 0. The van der Waals surface area contributed by atoms with E-state index in [9.17, 15) is 14.4 Å². The summed E-state index contributed by atoms with van der Waals surface area (Å²) in [5.74, 6) is -0.771. The minimum absolute atomic E-state index is 0.0700. The Balaban J connectivity index is 1.45. The van der Waals surface area contributed by atoms with Gasteiger partial charge in [-0.15, -0.1) is 6.58 Å². The van der Waals surface area contributed by atoms with Crippen LogP contribution in [0.2, 0.25) is 0 Å². The lowest BCUT2D eigenvalue weighted by atomic mass is 9.85. The van der Waals surface area contributed by atoms with Crippen LogP contribution in [-0.2, 0) is 22.7 Å². The smallest absolute Gasteiger partial charge is 0.255 e. The molecule has 3 N–H and O–H groups in total. The average molecular weight is 396 g/mol. The molecular formula is C22H28N4O3. The molecule has 154 valence electrons. The minimum Gasteiger partial charge on any atom is -0.322 e. The summed E-state index contributed by atoms with van der Waals surface area (Å²) in [7, 11) is 0. The second kappa shape index (κ2) is 8.08. The molecule has 0 spiro atoms. The molecule has 29 heavy (non-hydrogen) atoms. The van der Waals surface area contributed by atoms with Gasteiger partial charge >= 0.3 is 0 Å². The molecule has 2 saturated heterocycles. The van der Waals surface area contributed by atoms with Gasteiger partial charge < -0.3 is 15.5 Å². The second-order valence-corrected chi connectivity index (χ2v) is 8.27. The fourth-order valence-electron chi connectivity index (χ4n) is 4.66. The molecule has 3 aliphatic rings. The van der Waals surface area contributed by atoms with Crippen LogP contribution in [-0.4, -0.2) is 47.3 Å². The monoisotopic (exact) mass is 396 g/mol. The summed E-state index contributed by atoms with van der Waals surface area (Å²) in [5, 5.41) is 9.48. The first-order valence-electron chi connectivity index (χ1n) is 10.3. The van der Waals surface area contributed by atoms with E-state index in [4.69, 9.17) is 0 Å². The number of hydrogen-bond acceptors (Lipinski definition) is 5. The Morgan fingerprint density at radius 2 is 2.03 bits per heavy atom. The van der Waals surface area contributed by atoms with Crippen LogP contribution in [0.25, 0.3) is 0 Å². The molecule has 0 saturated carbocycles. The quantitative estimate of drug-likeness (QED) is 0.497. The number of amides is 3. The zero-order valence-corrected chi connectivity index (χ0v) is 16.6. The SMILES string of the molecule is C=CCC1(NCc2ccc3c(c2)CN(C2CCC(=O)NC2=O)C3=O)CCNCC1. The maximum atomic E-state index is 12.8. The number of rotatable bonds is 6. The fourth-order valence-corrected chi connectivity index (χ4v) is 4.66. The highest BCUT2D eigenvalue weighted by Gasteiger charge is 2.39. The van der Waals surface area contributed by atoms with Crippen molar-refractivity contribution in [1.82, 2.24) is 20.9 Å². The molecule has 0 aliphatic carbocycles. The normalized spacial score (nSPS) is 23.7. The molecule has 1 aromatic rings. The van der Waals surface area contributed by atoms with Gasteiger partial charge in [-0.1, -0.05) is 18.2 Å². The standard InChI is InChI=1S/C22H28N4O3/c1-2-7-22(8-10-23-11-9-22)24-13-15-3-4-17-16(12-15)14-26(21(17)29)18-5-6-19(27)25-20(18)28/h2-4,12,18,23-24H,1,5-11,13-14H2,(H,25,27,28). The van der Waals surface area contributed by atoms with Crippen molar-refractivity contribution in [2.75, 3.05) is 13.1 Å². The number of nitrogens with zero attached hydrogens (tertiary/aromatic N) is 1. The molecule has 1 aromatic carbocycles. The highest BCUT2D eigenvalue weighted by atomic mass is 16.2. The van der Waals surface area contributed by atoms with Crippen LogP contribution < -0.4 is 16.0 Å². The molecule has 0 bridgehead atoms. The Morgan fingerprint density at radius 3 is 2.76 bits per heavy atom. The highest BCUT2D eigenvalue weighted by Crippen LogP contribution is 2.29. The zero-order valence-electron chi connectivity index (χ0n) is 16.6. The van der Waals surface area contributed by atoms with Crippen LogP contribution >= 0.6 is 0 Å². The lowest BCUT2D eigenvalue weighted by Gasteiger charge is -2.38. The Labute approximate surface area is 170 Å². The maximum absolute atomic E-state index is 12.8. The summed E-state index contributed by atoms with van der Waals surface area (Å²) >= 11 is 0. The van der Waals surface area contributed by atoms with E-state index in [-0.39, 0.29) is 29.7 Å². The van der Waals surface area contributed by atoms with Gasteiger partial charge in [0.25, 0.3) is 5.91 Å². The van der Waals surface area contributed by atoms with Crippen LogP contribution in [0, 0.1) is 0 Å². The van der Waals surface area contributed by atoms with Crippen LogP contribution in [0.1, 0.15) is 53.6 Å². The molecule has 0 radical (unpaired) electrons. The number of carbonyl (C=O) groups is 3. The second-order valence-electron chi connectivity index (χ2n) is 8.27. The van der Waals surface area contributed by atoms with Crippen molar-refractivity contribution in [3.05, 3.63) is 47.5 Å². The van der Waals surface area contributed by atoms with Gasteiger partial charge in [-0.2, -0.15) is 0 Å². The van der Waals surface area contributed by atoms with E-state index in [1.54, 1.807) is 4.90 Å². The largest absolute Gasteiger partial charge is 0.322 e. The van der Waals surface area contributed by atoms with Gasteiger partial charge in [-0.3, -0.25) is 19.7 Å². The minimum atomic E-state index is -0.570. The molecule has 1 atom stereocenters. The number of fused-ring (bicyclic) bond motifs is 1. The summed E-state index contributed by atoms with van der Waals surface area (Å²) in [6.45, 7) is 7.06. The summed E-state index contributed by atoms with van der Waals surface area (Å²) in [6, 6.07) is 5.35. The van der Waals surface area contributed by atoms with E-state index in [0.29, 0.717) is 18.5 Å². The third-order valence-corrected chi connectivity index (χ3v) is 6.35. The Hall–Kier alpha value is -2.51. The van der Waals surface area contributed by atoms with Crippen molar-refractivity contribution < 1.29 is 14.4 Å². The number of nitrogens with one attached hydrogen (secondary N) is 3. The molecule has 3 aliphatic heterocycles. The molecular weight excluding hydrogens is 368 g/mol. The summed E-state index contributed by atoms with van der Waals surface area (Å²) in [4.78, 5) is 38.0. The van der Waals surface area contributed by atoms with Gasteiger partial charge in [-0.25, -0.2) is 0 Å². The van der Waals surface area contributed by atoms with Crippen LogP contribution in [0.4, 0.5) is 0 Å². The number of carbonyl (C=O) groups excluding carboxylic acids is 3. The van der Waals surface area contributed by atoms with E-state index in [2.05, 4.69) is 28.6 Å². The first-order valence-corrected chi connectivity index (χ1v) is 10.3. The van der Waals surface area contributed by atoms with Gasteiger partial charge in [0.1, 0.15) is 6.04 Å². The molecule has 0 aromatic heterocycles. The molecule has 1 unspecified atom stereocenters. The predicted molar refractivity (Wildman–Crippen MR) is 109 cm³/mol. The summed E-state index contributed by atoms with van der Waals surface area (Å²) in [6.07, 6.45) is 5.69. The topological polar surface area (TPSA) is 90.5 Å². The number of piperidine rings is 2. The predicted octanol–water partition coefficient (Wildman–Crippen LogP) is 1.24. The molecule has 3 amide bonds. The van der Waals surface area contributed by atoms with Crippen LogP contribution in [0.15, 0.2) is 30.9 Å². The van der Waals surface area contributed by atoms with E-state index in [1.165, 1.54) is 0 Å². The Morgan fingerprint density at radius 1 is 1.24 bits per heavy atom. The zero-order chi connectivity index (χ0) is 20.4. The molecule has 2 fully saturated rings. The number of benzene rings is 1. The highest BCUT2D eigenvalue weighted by molar-refractivity contribution is 6.05. The Bertz CT molecular complexity index is 844. The van der Waals surface area contributed by atoms with Gasteiger partial charge in [0, 0.05) is 30.6 Å². The number of hydrogen-bond donors (Lipinski definition) is 3. The van der Waals surface area contributed by atoms with Crippen molar-refractivity contribution in [1.29, 1.82) is 0 Å². The fraction of sp³-hybridized carbons (Fsp3) is 0.500. The third kappa shape index (κ3) is 3.97. The van der Waals surface area contributed by atoms with Gasteiger partial charge in [0.15, 0.2) is 0 Å². The number of imide groups is 1. The van der Waals surface area contributed by atoms with Gasteiger partial charge in [0.2, 0.25) is 11.8 Å². The van der Waals surface area contributed by atoms with Crippen LogP contribution in [0.5, 0.6) is 0 Å². The Kier molecular flexibility index (Phi) is 5.52. The molecule has 7 heteroatoms. The van der Waals surface area contributed by atoms with Crippen molar-refractivity contribution >= 4 is 17.7 Å². The van der Waals surface area contributed by atoms with Crippen molar-refractivity contribution in [2.24, 2.45) is 0 Å². The van der Waals surface area contributed by atoms with Crippen molar-refractivity contribution in [2.45, 2.75) is 56.8 Å². The van der Waals surface area contributed by atoms with Crippen molar-refractivity contribution in [3.8, 4) is 0 Å². The first-order chi connectivity index (χ1) is 14.0.